The molecule has 4 rings (SSSR count). The number of piperidine rings is 1. The maximum Gasteiger partial charge on any atom is 0.308 e. The van der Waals surface area contributed by atoms with Crippen LogP contribution in [0.1, 0.15) is 30.9 Å². The Balaban J connectivity index is 1.36. The Morgan fingerprint density at radius 3 is 2.74 bits per heavy atom. The first-order chi connectivity index (χ1) is 18.2. The smallest absolute Gasteiger partial charge is 0.308 e. The zero-order chi connectivity index (χ0) is 27.4. The van der Waals surface area contributed by atoms with Gasteiger partial charge in [-0.15, -0.1) is 11.8 Å². The largest absolute Gasteiger partial charge is 0.497 e. The number of aliphatic hydroxyl groups excluding tert-OH is 1. The molecule has 0 saturated carbocycles. The summed E-state index contributed by atoms with van der Waals surface area (Å²) in [5.74, 6) is -4.93. The van der Waals surface area contributed by atoms with E-state index in [2.05, 4.69) is 4.98 Å². The van der Waals surface area contributed by atoms with Gasteiger partial charge >= 0.3 is 5.97 Å². The molecule has 38 heavy (non-hydrogen) atoms. The minimum atomic E-state index is -1.25. The molecule has 0 unspecified atom stereocenters. The Hall–Kier alpha value is -2.89. The van der Waals surface area contributed by atoms with Gasteiger partial charge in [0.05, 0.1) is 30.8 Å². The molecule has 2 heterocycles. The highest BCUT2D eigenvalue weighted by Gasteiger charge is 2.34. The van der Waals surface area contributed by atoms with Crippen molar-refractivity contribution in [3.05, 3.63) is 65.4 Å². The van der Waals surface area contributed by atoms with Gasteiger partial charge in [0.1, 0.15) is 17.4 Å². The number of likely N-dealkylation sites (tertiary alicyclic amines) is 1. The van der Waals surface area contributed by atoms with Crippen molar-refractivity contribution in [2.45, 2.75) is 30.3 Å². The number of hydrogen-bond acceptors (Lipinski definition) is 6. The van der Waals surface area contributed by atoms with E-state index in [1.165, 1.54) is 7.11 Å². The number of pyridine rings is 1. The van der Waals surface area contributed by atoms with Crippen molar-refractivity contribution < 1.29 is 37.3 Å². The lowest BCUT2D eigenvalue weighted by atomic mass is 9.81. The van der Waals surface area contributed by atoms with Crippen LogP contribution in [0.3, 0.4) is 0 Å². The number of ether oxygens (including phenoxy) is 1. The molecule has 0 bridgehead atoms. The molecule has 2 N–H and O–H groups in total. The van der Waals surface area contributed by atoms with Gasteiger partial charge in [-0.2, -0.15) is 0 Å². The SMILES string of the molecule is COc1ccc2ncc(F)c([C@@H](O)CC[C@H]3CCN(CCSc4cc(F)cc(F)c4F)C[C@H]3C(=O)O)c2c1. The number of carboxylic acid groups (broad SMARTS) is 1. The fourth-order valence-corrected chi connectivity index (χ4v) is 5.96. The third-order valence-corrected chi connectivity index (χ3v) is 7.99. The van der Waals surface area contributed by atoms with Gasteiger partial charge in [0.25, 0.3) is 0 Å². The van der Waals surface area contributed by atoms with E-state index < -0.39 is 41.3 Å². The van der Waals surface area contributed by atoms with Crippen LogP contribution in [0.4, 0.5) is 17.6 Å². The first-order valence-corrected chi connectivity index (χ1v) is 13.2. The third-order valence-electron chi connectivity index (χ3n) is 6.99. The highest BCUT2D eigenvalue weighted by molar-refractivity contribution is 7.99. The molecule has 204 valence electrons. The lowest BCUT2D eigenvalue weighted by Crippen LogP contribution is -2.44. The molecule has 0 radical (unpaired) electrons. The molecule has 11 heteroatoms. The lowest BCUT2D eigenvalue weighted by Gasteiger charge is -2.37. The highest BCUT2D eigenvalue weighted by atomic mass is 32.2. The summed E-state index contributed by atoms with van der Waals surface area (Å²) in [6.07, 6.45) is 1.00. The van der Waals surface area contributed by atoms with Crippen molar-refractivity contribution in [2.24, 2.45) is 11.8 Å². The van der Waals surface area contributed by atoms with Crippen LogP contribution in [0.15, 0.2) is 41.4 Å². The molecule has 1 aliphatic heterocycles. The summed E-state index contributed by atoms with van der Waals surface area (Å²) in [6, 6.07) is 6.41. The second-order valence-electron chi connectivity index (χ2n) is 9.34. The van der Waals surface area contributed by atoms with Gasteiger partial charge in [-0.1, -0.05) is 0 Å². The summed E-state index contributed by atoms with van der Waals surface area (Å²) in [4.78, 5) is 17.9. The first kappa shape index (κ1) is 28.1. The fraction of sp³-hybridized carbons (Fsp3) is 0.407. The van der Waals surface area contributed by atoms with Crippen LogP contribution < -0.4 is 4.74 Å². The highest BCUT2D eigenvalue weighted by Crippen LogP contribution is 2.35. The predicted molar refractivity (Wildman–Crippen MR) is 135 cm³/mol. The minimum absolute atomic E-state index is 0.108. The molecule has 1 aromatic heterocycles. The lowest BCUT2D eigenvalue weighted by molar-refractivity contribution is -0.146. The van der Waals surface area contributed by atoms with E-state index in [0.717, 1.165) is 24.0 Å². The molecule has 1 aliphatic rings. The second kappa shape index (κ2) is 12.3. The molecule has 6 nitrogen and oxygen atoms in total. The molecular weight excluding hydrogens is 524 g/mol. The van der Waals surface area contributed by atoms with Crippen LogP contribution in [0.2, 0.25) is 0 Å². The number of aliphatic carboxylic acids is 1. The number of hydrogen-bond donors (Lipinski definition) is 2. The van der Waals surface area contributed by atoms with Gasteiger partial charge in [-0.3, -0.25) is 9.78 Å². The standard InChI is InChI=1S/C27H28F4N2O4S/c1-37-17-3-4-22-18(12-17)25(21(30)13-32-22)23(34)5-2-15-6-7-33(14-19(15)27(35)36)8-9-38-24-11-16(28)10-20(29)26(24)31/h3-4,10-13,15,19,23,34H,2,5-9,14H2,1H3,(H,35,36)/t15-,19+,23-/m0/s1. The molecule has 3 atom stereocenters. The van der Waals surface area contributed by atoms with E-state index in [9.17, 15) is 32.6 Å². The molecule has 1 fully saturated rings. The summed E-state index contributed by atoms with van der Waals surface area (Å²) >= 11 is 0.969. The van der Waals surface area contributed by atoms with Crippen LogP contribution in [0.5, 0.6) is 5.75 Å². The Labute approximate surface area is 221 Å². The van der Waals surface area contributed by atoms with Crippen LogP contribution >= 0.6 is 11.8 Å². The number of benzene rings is 2. The Morgan fingerprint density at radius 2 is 2.00 bits per heavy atom. The Kier molecular flexibility index (Phi) is 9.11. The Bertz CT molecular complexity index is 1310. The van der Waals surface area contributed by atoms with Gasteiger partial charge in [0.15, 0.2) is 11.6 Å². The summed E-state index contributed by atoms with van der Waals surface area (Å²) in [6.45, 7) is 1.24. The maximum absolute atomic E-state index is 14.7. The fourth-order valence-electron chi connectivity index (χ4n) is 4.97. The predicted octanol–water partition coefficient (Wildman–Crippen LogP) is 5.43. The number of thioether (sulfide) groups is 1. The molecule has 3 aromatic rings. The van der Waals surface area contributed by atoms with Crippen molar-refractivity contribution in [1.29, 1.82) is 0 Å². The van der Waals surface area contributed by atoms with E-state index in [4.69, 9.17) is 4.74 Å². The summed E-state index contributed by atoms with van der Waals surface area (Å²) in [7, 11) is 1.49. The first-order valence-electron chi connectivity index (χ1n) is 12.2. The number of halogens is 4. The molecule has 0 aliphatic carbocycles. The number of aromatic nitrogens is 1. The van der Waals surface area contributed by atoms with Gasteiger partial charge < -0.3 is 19.8 Å². The van der Waals surface area contributed by atoms with Crippen molar-refractivity contribution in [3.8, 4) is 5.75 Å². The number of methoxy groups -OCH3 is 1. The van der Waals surface area contributed by atoms with Crippen molar-refractivity contribution in [1.82, 2.24) is 9.88 Å². The van der Waals surface area contributed by atoms with Gasteiger partial charge in [0.2, 0.25) is 0 Å². The monoisotopic (exact) mass is 552 g/mol. The van der Waals surface area contributed by atoms with Crippen molar-refractivity contribution >= 4 is 28.6 Å². The van der Waals surface area contributed by atoms with Crippen LogP contribution in [0.25, 0.3) is 10.9 Å². The van der Waals surface area contributed by atoms with Crippen LogP contribution in [-0.2, 0) is 4.79 Å². The van der Waals surface area contributed by atoms with Crippen LogP contribution in [0, 0.1) is 35.1 Å². The van der Waals surface area contributed by atoms with Crippen molar-refractivity contribution in [3.63, 3.8) is 0 Å². The number of aliphatic hydroxyl groups is 1. The van der Waals surface area contributed by atoms with E-state index in [-0.39, 0.29) is 29.3 Å². The average molecular weight is 553 g/mol. The zero-order valence-electron chi connectivity index (χ0n) is 20.7. The Morgan fingerprint density at radius 1 is 1.21 bits per heavy atom. The second-order valence-corrected chi connectivity index (χ2v) is 10.5. The quantitative estimate of drug-likeness (QED) is 0.197. The van der Waals surface area contributed by atoms with E-state index in [0.29, 0.717) is 54.4 Å². The van der Waals surface area contributed by atoms with Gasteiger partial charge in [-0.25, -0.2) is 17.6 Å². The summed E-state index contributed by atoms with van der Waals surface area (Å²) in [5, 5.41) is 21.2. The van der Waals surface area contributed by atoms with E-state index in [1.807, 2.05) is 4.90 Å². The minimum Gasteiger partial charge on any atom is -0.497 e. The number of nitrogens with zero attached hydrogens (tertiary/aromatic N) is 2. The average Bonchev–Trinajstić information content (AvgIpc) is 2.89. The number of carboxylic acids is 1. The third kappa shape index (κ3) is 6.39. The van der Waals surface area contributed by atoms with E-state index in [1.54, 1.807) is 18.2 Å². The summed E-state index contributed by atoms with van der Waals surface area (Å²) < 4.78 is 60.6. The zero-order valence-corrected chi connectivity index (χ0v) is 21.5. The summed E-state index contributed by atoms with van der Waals surface area (Å²) in [5.41, 5.74) is 0.618. The molecule has 1 saturated heterocycles. The number of rotatable bonds is 10. The van der Waals surface area contributed by atoms with E-state index >= 15 is 0 Å². The topological polar surface area (TPSA) is 82.9 Å². The molecular formula is C27H28F4N2O4S. The van der Waals surface area contributed by atoms with Crippen LogP contribution in [-0.4, -0.2) is 58.6 Å². The van der Waals surface area contributed by atoms with Gasteiger partial charge in [-0.05, 0) is 56.0 Å². The normalized spacial score (nSPS) is 19.0. The molecule has 0 amide bonds. The maximum atomic E-state index is 14.7. The molecule has 2 aromatic carbocycles. The van der Waals surface area contributed by atoms with Crippen molar-refractivity contribution in [2.75, 3.05) is 32.5 Å². The molecule has 0 spiro atoms. The van der Waals surface area contributed by atoms with Gasteiger partial charge in [0, 0.05) is 40.8 Å². The number of carbonyl (C=O) groups is 1. The number of fused-ring (bicyclic) bond motifs is 1.